The average molecular weight is 330 g/mol. The van der Waals surface area contributed by atoms with Crippen LogP contribution in [0.15, 0.2) is 29.4 Å². The van der Waals surface area contributed by atoms with Crippen molar-refractivity contribution in [2.75, 3.05) is 0 Å². The summed E-state index contributed by atoms with van der Waals surface area (Å²) in [6, 6.07) is 8.33. The van der Waals surface area contributed by atoms with E-state index in [0.29, 0.717) is 5.25 Å². The molecule has 1 aromatic carbocycles. The van der Waals surface area contributed by atoms with Gasteiger partial charge in [-0.25, -0.2) is 4.98 Å². The lowest BCUT2D eigenvalue weighted by Crippen LogP contribution is -2.03. The predicted molar refractivity (Wildman–Crippen MR) is 91.5 cm³/mol. The zero-order valence-electron chi connectivity index (χ0n) is 12.5. The predicted octanol–water partition coefficient (Wildman–Crippen LogP) is 4.47. The normalized spacial score (nSPS) is 16.4. The van der Waals surface area contributed by atoms with Crippen LogP contribution < -0.4 is 0 Å². The van der Waals surface area contributed by atoms with E-state index in [1.165, 1.54) is 24.0 Å². The van der Waals surface area contributed by atoms with Gasteiger partial charge in [0.1, 0.15) is 10.8 Å². The first-order valence-corrected chi connectivity index (χ1v) is 9.45. The van der Waals surface area contributed by atoms with Crippen molar-refractivity contribution >= 4 is 33.3 Å². The van der Waals surface area contributed by atoms with Gasteiger partial charge in [0.05, 0.1) is 15.5 Å². The van der Waals surface area contributed by atoms with Crippen molar-refractivity contribution in [3.8, 4) is 0 Å². The maximum Gasteiger partial charge on any atom is 0.191 e. The molecule has 3 aromatic rings. The molecule has 1 atom stereocenters. The average Bonchev–Trinajstić information content (AvgIpc) is 3.04. The number of hydrogen-bond acceptors (Lipinski definition) is 5. The molecule has 1 aliphatic heterocycles. The third kappa shape index (κ3) is 2.65. The van der Waals surface area contributed by atoms with Gasteiger partial charge in [0.15, 0.2) is 5.16 Å². The number of fused-ring (bicyclic) bond motifs is 2. The van der Waals surface area contributed by atoms with Gasteiger partial charge in [0.2, 0.25) is 0 Å². The van der Waals surface area contributed by atoms with Crippen molar-refractivity contribution in [3.05, 3.63) is 35.1 Å². The summed E-state index contributed by atoms with van der Waals surface area (Å²) in [6.07, 6.45) is 4.81. The van der Waals surface area contributed by atoms with Crippen LogP contribution >= 0.6 is 23.1 Å². The fourth-order valence-corrected chi connectivity index (χ4v) is 4.89. The Hall–Kier alpha value is -1.40. The Kier molecular flexibility index (Phi) is 3.88. The Labute approximate surface area is 138 Å². The van der Waals surface area contributed by atoms with Crippen LogP contribution in [-0.2, 0) is 13.0 Å². The summed E-state index contributed by atoms with van der Waals surface area (Å²) in [5.74, 6) is 1.15. The molecular formula is C16H18N4S2. The van der Waals surface area contributed by atoms with E-state index in [9.17, 15) is 0 Å². The van der Waals surface area contributed by atoms with Gasteiger partial charge in [-0.2, -0.15) is 0 Å². The molecule has 0 fully saturated rings. The molecule has 2 aromatic heterocycles. The maximum absolute atomic E-state index is 4.76. The molecule has 4 nitrogen and oxygen atoms in total. The van der Waals surface area contributed by atoms with Gasteiger partial charge in [0, 0.05) is 13.0 Å². The van der Waals surface area contributed by atoms with Crippen molar-refractivity contribution in [1.82, 2.24) is 19.7 Å². The quantitative estimate of drug-likeness (QED) is 0.665. The zero-order valence-corrected chi connectivity index (χ0v) is 14.2. The van der Waals surface area contributed by atoms with Crippen LogP contribution in [0.25, 0.3) is 10.2 Å². The Morgan fingerprint density at radius 2 is 2.09 bits per heavy atom. The summed E-state index contributed by atoms with van der Waals surface area (Å²) in [7, 11) is 0. The van der Waals surface area contributed by atoms with E-state index >= 15 is 0 Å². The van der Waals surface area contributed by atoms with E-state index in [1.54, 1.807) is 23.1 Å². The molecule has 0 unspecified atom stereocenters. The van der Waals surface area contributed by atoms with Crippen molar-refractivity contribution in [1.29, 1.82) is 0 Å². The fourth-order valence-electron chi connectivity index (χ4n) is 2.82. The summed E-state index contributed by atoms with van der Waals surface area (Å²) >= 11 is 3.56. The Morgan fingerprint density at radius 3 is 3.00 bits per heavy atom. The topological polar surface area (TPSA) is 43.6 Å². The van der Waals surface area contributed by atoms with Crippen LogP contribution in [0.4, 0.5) is 0 Å². The summed E-state index contributed by atoms with van der Waals surface area (Å²) in [5.41, 5.74) is 1.09. The second-order valence-electron chi connectivity index (χ2n) is 5.64. The number of para-hydroxylation sites is 1. The summed E-state index contributed by atoms with van der Waals surface area (Å²) < 4.78 is 3.56. The Morgan fingerprint density at radius 1 is 1.18 bits per heavy atom. The van der Waals surface area contributed by atoms with E-state index in [4.69, 9.17) is 4.98 Å². The van der Waals surface area contributed by atoms with Gasteiger partial charge < -0.3 is 4.57 Å². The summed E-state index contributed by atoms with van der Waals surface area (Å²) in [5, 5.41) is 11.3. The fraction of sp³-hybridized carbons (Fsp3) is 0.438. The lowest BCUT2D eigenvalue weighted by molar-refractivity contribution is 0.590. The lowest BCUT2D eigenvalue weighted by Gasteiger charge is -2.09. The molecule has 0 bridgehead atoms. The van der Waals surface area contributed by atoms with Gasteiger partial charge in [-0.3, -0.25) is 0 Å². The van der Waals surface area contributed by atoms with Crippen LogP contribution in [0.2, 0.25) is 0 Å². The number of hydrogen-bond donors (Lipinski definition) is 0. The number of nitrogens with zero attached hydrogens (tertiary/aromatic N) is 4. The van der Waals surface area contributed by atoms with Crippen molar-refractivity contribution in [2.45, 2.75) is 49.6 Å². The van der Waals surface area contributed by atoms with Crippen molar-refractivity contribution in [2.24, 2.45) is 0 Å². The number of benzene rings is 1. The second kappa shape index (κ2) is 6.01. The van der Waals surface area contributed by atoms with Crippen LogP contribution in [0, 0.1) is 0 Å². The molecule has 4 rings (SSSR count). The first kappa shape index (κ1) is 14.2. The largest absolute Gasteiger partial charge is 0.306 e. The molecule has 1 aliphatic rings. The molecule has 0 amide bonds. The molecule has 0 aliphatic carbocycles. The minimum Gasteiger partial charge on any atom is -0.306 e. The lowest BCUT2D eigenvalue weighted by atomic mass is 10.2. The number of thiazole rings is 1. The number of aromatic nitrogens is 4. The monoisotopic (exact) mass is 330 g/mol. The molecule has 0 N–H and O–H groups in total. The Bertz CT molecular complexity index is 759. The zero-order chi connectivity index (χ0) is 14.9. The van der Waals surface area contributed by atoms with Gasteiger partial charge in [-0.05, 0) is 31.9 Å². The van der Waals surface area contributed by atoms with E-state index < -0.39 is 0 Å². The third-order valence-corrected chi connectivity index (χ3v) is 6.47. The van der Waals surface area contributed by atoms with E-state index in [-0.39, 0.29) is 0 Å². The van der Waals surface area contributed by atoms with Gasteiger partial charge in [0.25, 0.3) is 0 Å². The number of rotatable bonds is 3. The molecule has 6 heteroatoms. The standard InChI is InChI=1S/C16H18N4S2/c1-11(15-17-12-7-4-5-8-13(12)22-15)21-16-19-18-14-9-3-2-6-10-20(14)16/h4-5,7-8,11H,2-3,6,9-10H2,1H3/t11-/m1/s1. The SMILES string of the molecule is C[C@@H](Sc1nnc2n1CCCCC2)c1nc2ccccc2s1. The molecule has 0 saturated heterocycles. The summed E-state index contributed by atoms with van der Waals surface area (Å²) in [4.78, 5) is 4.76. The highest BCUT2D eigenvalue weighted by atomic mass is 32.2. The highest BCUT2D eigenvalue weighted by Gasteiger charge is 2.19. The van der Waals surface area contributed by atoms with Gasteiger partial charge in [-0.15, -0.1) is 21.5 Å². The minimum absolute atomic E-state index is 0.300. The van der Waals surface area contributed by atoms with E-state index in [1.807, 2.05) is 6.07 Å². The molecule has 3 heterocycles. The number of aryl methyl sites for hydroxylation is 1. The second-order valence-corrected chi connectivity index (χ2v) is 8.01. The van der Waals surface area contributed by atoms with Crippen molar-refractivity contribution in [3.63, 3.8) is 0 Å². The van der Waals surface area contributed by atoms with Gasteiger partial charge >= 0.3 is 0 Å². The van der Waals surface area contributed by atoms with Crippen LogP contribution in [-0.4, -0.2) is 19.7 Å². The third-order valence-electron chi connectivity index (χ3n) is 4.02. The molecule has 0 radical (unpaired) electrons. The van der Waals surface area contributed by atoms with Crippen LogP contribution in [0.3, 0.4) is 0 Å². The summed E-state index contributed by atoms with van der Waals surface area (Å²) in [6.45, 7) is 3.26. The molecule has 114 valence electrons. The molecule has 0 spiro atoms. The van der Waals surface area contributed by atoms with Crippen LogP contribution in [0.1, 0.15) is 42.3 Å². The molecule has 0 saturated carbocycles. The highest BCUT2D eigenvalue weighted by molar-refractivity contribution is 7.99. The highest BCUT2D eigenvalue weighted by Crippen LogP contribution is 2.38. The number of thioether (sulfide) groups is 1. The van der Waals surface area contributed by atoms with E-state index in [0.717, 1.165) is 34.5 Å². The first-order chi connectivity index (χ1) is 10.8. The first-order valence-electron chi connectivity index (χ1n) is 7.75. The minimum atomic E-state index is 0.300. The smallest absolute Gasteiger partial charge is 0.191 e. The Balaban J connectivity index is 1.59. The van der Waals surface area contributed by atoms with Crippen LogP contribution in [0.5, 0.6) is 0 Å². The molecular weight excluding hydrogens is 312 g/mol. The molecule has 22 heavy (non-hydrogen) atoms. The van der Waals surface area contributed by atoms with E-state index in [2.05, 4.69) is 39.9 Å². The van der Waals surface area contributed by atoms with Crippen molar-refractivity contribution < 1.29 is 0 Å². The van der Waals surface area contributed by atoms with Gasteiger partial charge in [-0.1, -0.05) is 30.3 Å². The maximum atomic E-state index is 4.76.